The maximum atomic E-state index is 13.1. The van der Waals surface area contributed by atoms with Gasteiger partial charge in [0.1, 0.15) is 12.0 Å². The van der Waals surface area contributed by atoms with Gasteiger partial charge in [-0.25, -0.2) is 4.39 Å². The minimum atomic E-state index is -0.229. The van der Waals surface area contributed by atoms with Crippen LogP contribution < -0.4 is 10.6 Å². The van der Waals surface area contributed by atoms with E-state index in [-0.39, 0.29) is 17.4 Å². The van der Waals surface area contributed by atoms with Crippen LogP contribution in [-0.4, -0.2) is 6.17 Å². The highest BCUT2D eigenvalue weighted by molar-refractivity contribution is 5.61. The van der Waals surface area contributed by atoms with Crippen molar-refractivity contribution < 1.29 is 4.39 Å². The van der Waals surface area contributed by atoms with Crippen LogP contribution >= 0.6 is 0 Å². The molecule has 0 bridgehead atoms. The molecule has 0 saturated heterocycles. The first-order valence-corrected chi connectivity index (χ1v) is 6.87. The van der Waals surface area contributed by atoms with Crippen LogP contribution in [0.25, 0.3) is 0 Å². The van der Waals surface area contributed by atoms with Crippen LogP contribution in [-0.2, 0) is 0 Å². The Morgan fingerprint density at radius 2 is 1.90 bits per heavy atom. The molecule has 1 aliphatic heterocycles. The summed E-state index contributed by atoms with van der Waals surface area (Å²) >= 11 is 0. The summed E-state index contributed by atoms with van der Waals surface area (Å²) in [6.07, 6.45) is 9.15. The minimum absolute atomic E-state index is 0.113. The summed E-state index contributed by atoms with van der Waals surface area (Å²) in [5.74, 6) is -0.229. The Balaban J connectivity index is 2.04. The van der Waals surface area contributed by atoms with Gasteiger partial charge in [0.05, 0.1) is 0 Å². The molecule has 1 aromatic rings. The molecule has 0 radical (unpaired) electrons. The Kier molecular flexibility index (Phi) is 3.02. The highest BCUT2D eigenvalue weighted by atomic mass is 19.1. The van der Waals surface area contributed by atoms with E-state index >= 15 is 0 Å². The number of anilines is 1. The van der Waals surface area contributed by atoms with Crippen LogP contribution in [0, 0.1) is 11.2 Å². The summed E-state index contributed by atoms with van der Waals surface area (Å²) in [6, 6.07) is 6.52. The summed E-state index contributed by atoms with van der Waals surface area (Å²) in [6.45, 7) is 4.42. The van der Waals surface area contributed by atoms with Gasteiger partial charge in [-0.3, -0.25) is 0 Å². The summed E-state index contributed by atoms with van der Waals surface area (Å²) in [5, 5.41) is 0. The van der Waals surface area contributed by atoms with Gasteiger partial charge in [0.2, 0.25) is 0 Å². The van der Waals surface area contributed by atoms with E-state index < -0.39 is 0 Å². The predicted molar refractivity (Wildman–Crippen MR) is 80.6 cm³/mol. The normalized spacial score (nSPS) is 24.0. The standard InChI is InChI=1S/C17H19FN2/c1-17(2)10-9-12-3-8-16(19)20(15(12)11-17)14-6-4-13(18)5-7-14/h3-10,16H,11,19H2,1-2H3. The number of rotatable bonds is 1. The van der Waals surface area contributed by atoms with Gasteiger partial charge < -0.3 is 10.6 Å². The van der Waals surface area contributed by atoms with Gasteiger partial charge >= 0.3 is 0 Å². The van der Waals surface area contributed by atoms with Crippen LogP contribution in [0.5, 0.6) is 0 Å². The highest BCUT2D eigenvalue weighted by Gasteiger charge is 2.30. The minimum Gasteiger partial charge on any atom is -0.325 e. The summed E-state index contributed by atoms with van der Waals surface area (Å²) in [5.41, 5.74) is 9.67. The van der Waals surface area contributed by atoms with Crippen molar-refractivity contribution in [1.82, 2.24) is 0 Å². The smallest absolute Gasteiger partial charge is 0.123 e. The van der Waals surface area contributed by atoms with E-state index in [1.165, 1.54) is 23.4 Å². The molecule has 2 N–H and O–H groups in total. The van der Waals surface area contributed by atoms with E-state index in [1.54, 1.807) is 12.1 Å². The lowest BCUT2D eigenvalue weighted by molar-refractivity contribution is 0.455. The Labute approximate surface area is 119 Å². The highest BCUT2D eigenvalue weighted by Crippen LogP contribution is 2.39. The topological polar surface area (TPSA) is 29.3 Å². The fraction of sp³-hybridized carbons (Fsp3) is 0.294. The van der Waals surface area contributed by atoms with E-state index in [4.69, 9.17) is 5.73 Å². The maximum absolute atomic E-state index is 13.1. The molecular weight excluding hydrogens is 251 g/mol. The van der Waals surface area contributed by atoms with Crippen LogP contribution in [0.4, 0.5) is 10.1 Å². The molecule has 1 atom stereocenters. The average molecular weight is 270 g/mol. The molecule has 0 amide bonds. The summed E-state index contributed by atoms with van der Waals surface area (Å²) in [4.78, 5) is 2.10. The lowest BCUT2D eigenvalue weighted by Crippen LogP contribution is -2.43. The van der Waals surface area contributed by atoms with Crippen LogP contribution in [0.2, 0.25) is 0 Å². The van der Waals surface area contributed by atoms with Gasteiger partial charge in [0, 0.05) is 11.4 Å². The van der Waals surface area contributed by atoms with Crippen molar-refractivity contribution in [2.75, 3.05) is 4.90 Å². The monoisotopic (exact) mass is 270 g/mol. The second-order valence-corrected chi connectivity index (χ2v) is 6.10. The predicted octanol–water partition coefficient (Wildman–Crippen LogP) is 3.73. The second kappa shape index (κ2) is 4.60. The van der Waals surface area contributed by atoms with Gasteiger partial charge in [-0.2, -0.15) is 0 Å². The molecule has 1 aromatic carbocycles. The lowest BCUT2D eigenvalue weighted by Gasteiger charge is -2.40. The van der Waals surface area contributed by atoms with Crippen molar-refractivity contribution in [2.45, 2.75) is 26.4 Å². The first kappa shape index (κ1) is 13.1. The summed E-state index contributed by atoms with van der Waals surface area (Å²) in [7, 11) is 0. The van der Waals surface area contributed by atoms with Crippen LogP contribution in [0.1, 0.15) is 20.3 Å². The number of allylic oxidation sites excluding steroid dienone is 5. The first-order valence-electron chi connectivity index (χ1n) is 6.87. The van der Waals surface area contributed by atoms with Crippen molar-refractivity contribution in [3.63, 3.8) is 0 Å². The van der Waals surface area contributed by atoms with Crippen molar-refractivity contribution in [2.24, 2.45) is 11.1 Å². The van der Waals surface area contributed by atoms with Gasteiger partial charge in [-0.05, 0) is 47.8 Å². The molecule has 0 saturated carbocycles. The number of halogens is 1. The Bertz CT molecular complexity index is 608. The lowest BCUT2D eigenvalue weighted by atomic mass is 9.80. The van der Waals surface area contributed by atoms with Crippen molar-refractivity contribution in [1.29, 1.82) is 0 Å². The molecular formula is C17H19FN2. The Morgan fingerprint density at radius 1 is 1.20 bits per heavy atom. The Morgan fingerprint density at radius 3 is 2.60 bits per heavy atom. The van der Waals surface area contributed by atoms with E-state index in [1.807, 2.05) is 6.08 Å². The molecule has 20 heavy (non-hydrogen) atoms. The van der Waals surface area contributed by atoms with Gasteiger partial charge in [0.15, 0.2) is 0 Å². The molecule has 0 fully saturated rings. The number of nitrogens with zero attached hydrogens (tertiary/aromatic N) is 1. The van der Waals surface area contributed by atoms with Crippen molar-refractivity contribution >= 4 is 5.69 Å². The molecule has 2 nitrogen and oxygen atoms in total. The SMILES string of the molecule is CC1(C)C=CC2=C(C1)N(c1ccc(F)cc1)C(N)C=C2. The molecule has 1 unspecified atom stereocenters. The van der Waals surface area contributed by atoms with Crippen LogP contribution in [0.15, 0.2) is 59.8 Å². The Hall–Kier alpha value is -1.87. The molecule has 104 valence electrons. The van der Waals surface area contributed by atoms with E-state index in [2.05, 4.69) is 37.0 Å². The number of nitrogens with two attached hydrogens (primary N) is 1. The largest absolute Gasteiger partial charge is 0.325 e. The maximum Gasteiger partial charge on any atom is 0.123 e. The van der Waals surface area contributed by atoms with Crippen molar-refractivity contribution in [3.05, 3.63) is 65.7 Å². The number of benzene rings is 1. The quantitative estimate of drug-likeness (QED) is 0.842. The van der Waals surface area contributed by atoms with Gasteiger partial charge in [0.25, 0.3) is 0 Å². The molecule has 2 aliphatic rings. The molecule has 0 spiro atoms. The fourth-order valence-electron chi connectivity index (χ4n) is 2.78. The molecule has 3 rings (SSSR count). The summed E-state index contributed by atoms with van der Waals surface area (Å²) < 4.78 is 13.1. The zero-order valence-electron chi connectivity index (χ0n) is 11.8. The van der Waals surface area contributed by atoms with Crippen LogP contribution in [0.3, 0.4) is 0 Å². The fourth-order valence-corrected chi connectivity index (χ4v) is 2.78. The third-order valence-corrected chi connectivity index (χ3v) is 3.84. The van der Waals surface area contributed by atoms with Crippen molar-refractivity contribution in [3.8, 4) is 0 Å². The molecule has 3 heteroatoms. The zero-order chi connectivity index (χ0) is 14.3. The van der Waals surface area contributed by atoms with E-state index in [9.17, 15) is 4.39 Å². The van der Waals surface area contributed by atoms with Gasteiger partial charge in [-0.1, -0.05) is 32.1 Å². The third-order valence-electron chi connectivity index (χ3n) is 3.84. The molecule has 1 heterocycles. The second-order valence-electron chi connectivity index (χ2n) is 6.10. The molecule has 0 aromatic heterocycles. The third kappa shape index (κ3) is 2.29. The first-order chi connectivity index (χ1) is 9.46. The number of hydrogen-bond acceptors (Lipinski definition) is 2. The van der Waals surface area contributed by atoms with E-state index in [0.29, 0.717) is 0 Å². The molecule has 1 aliphatic carbocycles. The average Bonchev–Trinajstić information content (AvgIpc) is 2.39. The zero-order valence-corrected chi connectivity index (χ0v) is 11.8. The van der Waals surface area contributed by atoms with E-state index in [0.717, 1.165) is 12.1 Å². The number of hydrogen-bond donors (Lipinski definition) is 1. The van der Waals surface area contributed by atoms with Gasteiger partial charge in [-0.15, -0.1) is 0 Å².